The Morgan fingerprint density at radius 3 is 2.67 bits per heavy atom. The van der Waals surface area contributed by atoms with Crippen LogP contribution in [0.1, 0.15) is 21.8 Å². The van der Waals surface area contributed by atoms with Crippen molar-refractivity contribution in [2.24, 2.45) is 0 Å². The van der Waals surface area contributed by atoms with E-state index in [1.165, 1.54) is 22.9 Å². The molecule has 0 atom stereocenters. The standard InChI is InChI=1S/C29H22FN3O2S/c30-26-10-4-3-9-25(26)28(34)32(17-24-8-5-15-35-24)14-13-23-19-36-29-31-27(18-33(23)29)22-12-11-20-6-1-2-7-21(20)16-22/h1-12,15-16,18-19H,13-14,17H2. The van der Waals surface area contributed by atoms with Gasteiger partial charge in [-0.15, -0.1) is 11.3 Å². The molecule has 0 aliphatic rings. The lowest BCUT2D eigenvalue weighted by Gasteiger charge is -2.22. The van der Waals surface area contributed by atoms with Gasteiger partial charge in [0.1, 0.15) is 11.6 Å². The fourth-order valence-corrected chi connectivity index (χ4v) is 5.30. The van der Waals surface area contributed by atoms with Crippen LogP contribution < -0.4 is 0 Å². The zero-order valence-electron chi connectivity index (χ0n) is 19.3. The van der Waals surface area contributed by atoms with Gasteiger partial charge in [-0.05, 0) is 41.1 Å². The summed E-state index contributed by atoms with van der Waals surface area (Å²) in [7, 11) is 0. The van der Waals surface area contributed by atoms with Crippen molar-refractivity contribution in [3.63, 3.8) is 0 Å². The van der Waals surface area contributed by atoms with Crippen LogP contribution in [0.4, 0.5) is 4.39 Å². The number of aromatic nitrogens is 2. The minimum Gasteiger partial charge on any atom is -0.467 e. The van der Waals surface area contributed by atoms with Crippen LogP contribution in [0.2, 0.25) is 0 Å². The Hall–Kier alpha value is -4.23. The van der Waals surface area contributed by atoms with Gasteiger partial charge in [-0.2, -0.15) is 0 Å². The van der Waals surface area contributed by atoms with Crippen LogP contribution >= 0.6 is 11.3 Å². The summed E-state index contributed by atoms with van der Waals surface area (Å²) >= 11 is 1.57. The molecule has 0 spiro atoms. The van der Waals surface area contributed by atoms with Crippen molar-refractivity contribution in [1.82, 2.24) is 14.3 Å². The number of imidazole rings is 1. The SMILES string of the molecule is O=C(c1ccccc1F)N(CCc1csc2nc(-c3ccc4ccccc4c3)cn12)Cc1ccco1. The molecule has 0 bridgehead atoms. The molecule has 0 aliphatic carbocycles. The summed E-state index contributed by atoms with van der Waals surface area (Å²) in [6, 6.07) is 24.3. The number of hydrogen-bond acceptors (Lipinski definition) is 4. The minimum absolute atomic E-state index is 0.0562. The van der Waals surface area contributed by atoms with Crippen LogP contribution in [0.15, 0.2) is 101 Å². The third-order valence-electron chi connectivity index (χ3n) is 6.28. The van der Waals surface area contributed by atoms with E-state index in [1.54, 1.807) is 40.7 Å². The summed E-state index contributed by atoms with van der Waals surface area (Å²) in [6.07, 6.45) is 4.21. The Morgan fingerprint density at radius 2 is 1.83 bits per heavy atom. The van der Waals surface area contributed by atoms with E-state index in [0.717, 1.165) is 21.9 Å². The quantitative estimate of drug-likeness (QED) is 0.244. The molecule has 6 rings (SSSR count). The van der Waals surface area contributed by atoms with Crippen LogP contribution in [0.25, 0.3) is 27.0 Å². The van der Waals surface area contributed by atoms with Gasteiger partial charge in [-0.1, -0.05) is 48.5 Å². The van der Waals surface area contributed by atoms with Crippen molar-refractivity contribution >= 4 is 33.0 Å². The lowest BCUT2D eigenvalue weighted by Crippen LogP contribution is -2.33. The normalized spacial score (nSPS) is 11.4. The van der Waals surface area contributed by atoms with E-state index < -0.39 is 5.82 Å². The maximum absolute atomic E-state index is 14.4. The maximum Gasteiger partial charge on any atom is 0.257 e. The van der Waals surface area contributed by atoms with Crippen LogP contribution in [-0.2, 0) is 13.0 Å². The lowest BCUT2D eigenvalue weighted by atomic mass is 10.1. The third kappa shape index (κ3) is 4.29. The van der Waals surface area contributed by atoms with Gasteiger partial charge in [0.25, 0.3) is 5.91 Å². The van der Waals surface area contributed by atoms with E-state index >= 15 is 0 Å². The smallest absolute Gasteiger partial charge is 0.257 e. The molecule has 178 valence electrons. The number of carbonyl (C=O) groups excluding carboxylic acids is 1. The summed E-state index contributed by atoms with van der Waals surface area (Å²) in [6.45, 7) is 0.670. The van der Waals surface area contributed by atoms with Crippen molar-refractivity contribution in [3.8, 4) is 11.3 Å². The summed E-state index contributed by atoms with van der Waals surface area (Å²) in [5.41, 5.74) is 3.06. The second kappa shape index (κ2) is 9.43. The number of amides is 1. The molecule has 3 aromatic heterocycles. The van der Waals surface area contributed by atoms with Crippen molar-refractivity contribution < 1.29 is 13.6 Å². The molecule has 1 amide bonds. The molecule has 3 aromatic carbocycles. The highest BCUT2D eigenvalue weighted by Gasteiger charge is 2.21. The molecule has 5 nitrogen and oxygen atoms in total. The van der Waals surface area contributed by atoms with E-state index in [4.69, 9.17) is 9.40 Å². The highest BCUT2D eigenvalue weighted by atomic mass is 32.1. The molecule has 7 heteroatoms. The van der Waals surface area contributed by atoms with Crippen LogP contribution in [0.3, 0.4) is 0 Å². The summed E-state index contributed by atoms with van der Waals surface area (Å²) in [5, 5.41) is 4.43. The van der Waals surface area contributed by atoms with E-state index in [0.29, 0.717) is 18.7 Å². The Kier molecular flexibility index (Phi) is 5.83. The van der Waals surface area contributed by atoms with Crippen molar-refractivity contribution in [2.45, 2.75) is 13.0 Å². The molecule has 3 heterocycles. The summed E-state index contributed by atoms with van der Waals surface area (Å²) in [5.74, 6) is -0.241. The van der Waals surface area contributed by atoms with Gasteiger partial charge in [-0.3, -0.25) is 9.20 Å². The topological polar surface area (TPSA) is 50.8 Å². The predicted octanol–water partition coefficient (Wildman–Crippen LogP) is 6.83. The number of halogens is 1. The van der Waals surface area contributed by atoms with E-state index in [2.05, 4.69) is 40.1 Å². The van der Waals surface area contributed by atoms with Crippen molar-refractivity contribution in [3.05, 3.63) is 120 Å². The van der Waals surface area contributed by atoms with Crippen molar-refractivity contribution in [2.75, 3.05) is 6.54 Å². The zero-order chi connectivity index (χ0) is 24.5. The number of nitrogens with zero attached hydrogens (tertiary/aromatic N) is 3. The van der Waals surface area contributed by atoms with Gasteiger partial charge in [0.15, 0.2) is 4.96 Å². The molecular formula is C29H22FN3O2S. The average molecular weight is 496 g/mol. The largest absolute Gasteiger partial charge is 0.467 e. The van der Waals surface area contributed by atoms with Crippen LogP contribution in [-0.4, -0.2) is 26.7 Å². The number of furan rings is 1. The van der Waals surface area contributed by atoms with E-state index in [-0.39, 0.29) is 18.0 Å². The molecule has 0 saturated heterocycles. The Bertz CT molecular complexity index is 1670. The first-order chi connectivity index (χ1) is 17.7. The second-order valence-corrected chi connectivity index (χ2v) is 9.44. The fraction of sp³-hybridized carbons (Fsp3) is 0.103. The molecule has 0 radical (unpaired) electrons. The predicted molar refractivity (Wildman–Crippen MR) is 140 cm³/mol. The first-order valence-corrected chi connectivity index (χ1v) is 12.5. The number of hydrogen-bond donors (Lipinski definition) is 0. The van der Waals surface area contributed by atoms with Gasteiger partial charge in [0.2, 0.25) is 0 Å². The molecule has 6 aromatic rings. The maximum atomic E-state index is 14.4. The van der Waals surface area contributed by atoms with E-state index in [9.17, 15) is 9.18 Å². The van der Waals surface area contributed by atoms with Gasteiger partial charge in [-0.25, -0.2) is 9.37 Å². The number of fused-ring (bicyclic) bond motifs is 2. The molecule has 0 saturated carbocycles. The van der Waals surface area contributed by atoms with Gasteiger partial charge in [0, 0.05) is 35.8 Å². The fourth-order valence-electron chi connectivity index (χ4n) is 4.39. The van der Waals surface area contributed by atoms with Crippen LogP contribution in [0, 0.1) is 5.82 Å². The number of carbonyl (C=O) groups is 1. The van der Waals surface area contributed by atoms with Gasteiger partial charge < -0.3 is 9.32 Å². The molecule has 0 unspecified atom stereocenters. The lowest BCUT2D eigenvalue weighted by molar-refractivity contribution is 0.0728. The Balaban J connectivity index is 1.26. The minimum atomic E-state index is -0.528. The molecule has 0 aliphatic heterocycles. The summed E-state index contributed by atoms with van der Waals surface area (Å²) < 4.78 is 21.9. The average Bonchev–Trinajstić information content (AvgIpc) is 3.65. The number of rotatable bonds is 7. The molecule has 36 heavy (non-hydrogen) atoms. The Labute approximate surface area is 211 Å². The van der Waals surface area contributed by atoms with Crippen LogP contribution in [0.5, 0.6) is 0 Å². The molecule has 0 N–H and O–H groups in total. The molecular weight excluding hydrogens is 473 g/mol. The zero-order valence-corrected chi connectivity index (χ0v) is 20.1. The molecule has 0 fully saturated rings. The Morgan fingerprint density at radius 1 is 1.00 bits per heavy atom. The summed E-state index contributed by atoms with van der Waals surface area (Å²) in [4.78, 5) is 20.6. The number of thiazole rings is 1. The monoisotopic (exact) mass is 495 g/mol. The first-order valence-electron chi connectivity index (χ1n) is 11.7. The van der Waals surface area contributed by atoms with Crippen molar-refractivity contribution in [1.29, 1.82) is 0 Å². The highest BCUT2D eigenvalue weighted by molar-refractivity contribution is 7.15. The second-order valence-electron chi connectivity index (χ2n) is 8.60. The van der Waals surface area contributed by atoms with E-state index in [1.807, 2.05) is 24.4 Å². The highest BCUT2D eigenvalue weighted by Crippen LogP contribution is 2.27. The van der Waals surface area contributed by atoms with Gasteiger partial charge in [0.05, 0.1) is 24.1 Å². The number of benzene rings is 3. The van der Waals surface area contributed by atoms with Gasteiger partial charge >= 0.3 is 0 Å². The third-order valence-corrected chi connectivity index (χ3v) is 7.17. The first kappa shape index (κ1) is 22.2.